The number of nitrogens with one attached hydrogen (secondary N) is 2. The molecule has 0 saturated carbocycles. The number of rotatable bonds is 11. The van der Waals surface area contributed by atoms with Gasteiger partial charge in [0, 0.05) is 37.0 Å². The van der Waals surface area contributed by atoms with Crippen LogP contribution in [0.5, 0.6) is 0 Å². The van der Waals surface area contributed by atoms with E-state index in [-0.39, 0.29) is 24.0 Å². The van der Waals surface area contributed by atoms with Crippen LogP contribution in [-0.4, -0.2) is 42.9 Å². The molecule has 0 aliphatic carbocycles. The van der Waals surface area contributed by atoms with Crippen LogP contribution in [0, 0.1) is 0 Å². The zero-order chi connectivity index (χ0) is 17.6. The number of hydrogen-bond donors (Lipinski definition) is 2. The van der Waals surface area contributed by atoms with Crippen molar-refractivity contribution < 1.29 is 4.74 Å². The number of hydrogen-bond acceptors (Lipinski definition) is 5. The molecule has 1 heterocycles. The highest BCUT2D eigenvalue weighted by Crippen LogP contribution is 2.20. The highest BCUT2D eigenvalue weighted by atomic mass is 127. The summed E-state index contributed by atoms with van der Waals surface area (Å²) < 4.78 is 6.81. The maximum Gasteiger partial charge on any atom is 0.191 e. The van der Waals surface area contributed by atoms with E-state index in [9.17, 15) is 0 Å². The fourth-order valence-corrected chi connectivity index (χ4v) is 3.68. The van der Waals surface area contributed by atoms with Crippen LogP contribution in [0.1, 0.15) is 18.9 Å². The second-order valence-electron chi connectivity index (χ2n) is 5.23. The molecular weight excluding hydrogens is 479 g/mol. The minimum atomic E-state index is 0. The van der Waals surface area contributed by atoms with Crippen LogP contribution in [0.15, 0.2) is 51.2 Å². The molecule has 0 radical (unpaired) electrons. The third-order valence-electron chi connectivity index (χ3n) is 3.20. The number of thioether (sulfide) groups is 1. The molecular formula is C18H27IN4OS2. The van der Waals surface area contributed by atoms with Gasteiger partial charge in [-0.25, -0.2) is 4.98 Å². The van der Waals surface area contributed by atoms with E-state index < -0.39 is 0 Å². The van der Waals surface area contributed by atoms with Gasteiger partial charge in [0.05, 0.1) is 13.2 Å². The summed E-state index contributed by atoms with van der Waals surface area (Å²) in [5.41, 5.74) is 1.20. The molecule has 0 aliphatic rings. The van der Waals surface area contributed by atoms with Gasteiger partial charge in [0.1, 0.15) is 4.34 Å². The Morgan fingerprint density at radius 2 is 2.12 bits per heavy atom. The van der Waals surface area contributed by atoms with Crippen molar-refractivity contribution >= 4 is 53.0 Å². The van der Waals surface area contributed by atoms with E-state index in [0.717, 1.165) is 42.1 Å². The maximum absolute atomic E-state index is 5.68. The molecule has 5 nitrogen and oxygen atoms in total. The lowest BCUT2D eigenvalue weighted by Gasteiger charge is -2.11. The molecule has 1 aromatic carbocycles. The van der Waals surface area contributed by atoms with Gasteiger partial charge in [-0.2, -0.15) is 0 Å². The molecule has 144 valence electrons. The molecule has 0 spiro atoms. The minimum absolute atomic E-state index is 0. The summed E-state index contributed by atoms with van der Waals surface area (Å²) in [6.45, 7) is 5.76. The van der Waals surface area contributed by atoms with E-state index in [4.69, 9.17) is 4.74 Å². The zero-order valence-corrected chi connectivity index (χ0v) is 19.0. The smallest absolute Gasteiger partial charge is 0.191 e. The lowest BCUT2D eigenvalue weighted by molar-refractivity contribution is 0.125. The Morgan fingerprint density at radius 1 is 1.27 bits per heavy atom. The van der Waals surface area contributed by atoms with Gasteiger partial charge < -0.3 is 15.4 Å². The van der Waals surface area contributed by atoms with Crippen molar-refractivity contribution in [3.8, 4) is 0 Å². The molecule has 0 fully saturated rings. The third-order valence-corrected chi connectivity index (χ3v) is 5.25. The van der Waals surface area contributed by atoms with Gasteiger partial charge in [0.25, 0.3) is 0 Å². The van der Waals surface area contributed by atoms with Crippen molar-refractivity contribution in [2.75, 3.05) is 32.0 Å². The van der Waals surface area contributed by atoms with Crippen LogP contribution in [0.25, 0.3) is 0 Å². The average molecular weight is 506 g/mol. The van der Waals surface area contributed by atoms with Gasteiger partial charge in [-0.15, -0.1) is 35.3 Å². The Balaban J connectivity index is 0.00000338. The van der Waals surface area contributed by atoms with E-state index in [1.54, 1.807) is 23.1 Å². The molecule has 0 saturated heterocycles. The number of benzene rings is 1. The van der Waals surface area contributed by atoms with Gasteiger partial charge in [0.2, 0.25) is 0 Å². The van der Waals surface area contributed by atoms with Crippen LogP contribution >= 0.6 is 47.1 Å². The predicted octanol–water partition coefficient (Wildman–Crippen LogP) is 4.02. The van der Waals surface area contributed by atoms with Gasteiger partial charge in [-0.1, -0.05) is 42.1 Å². The number of nitrogens with zero attached hydrogens (tertiary/aromatic N) is 2. The molecule has 8 heteroatoms. The summed E-state index contributed by atoms with van der Waals surface area (Å²) in [6.07, 6.45) is 2.88. The Kier molecular flexibility index (Phi) is 13.6. The first-order valence-corrected chi connectivity index (χ1v) is 10.4. The average Bonchev–Trinajstić information content (AvgIpc) is 3.15. The topological polar surface area (TPSA) is 58.5 Å². The van der Waals surface area contributed by atoms with Crippen LogP contribution in [0.2, 0.25) is 0 Å². The summed E-state index contributed by atoms with van der Waals surface area (Å²) in [4.78, 5) is 8.86. The second-order valence-corrected chi connectivity index (χ2v) is 7.46. The monoisotopic (exact) mass is 506 g/mol. The molecule has 0 atom stereocenters. The predicted molar refractivity (Wildman–Crippen MR) is 123 cm³/mol. The Bertz CT molecular complexity index is 597. The van der Waals surface area contributed by atoms with Crippen molar-refractivity contribution in [2.45, 2.75) is 24.3 Å². The Morgan fingerprint density at radius 3 is 2.85 bits per heavy atom. The largest absolute Gasteiger partial charge is 0.375 e. The summed E-state index contributed by atoms with van der Waals surface area (Å²) in [5.74, 6) is 1.89. The number of ether oxygens (including phenoxy) is 1. The fourth-order valence-electron chi connectivity index (χ4n) is 2.04. The molecule has 0 bridgehead atoms. The van der Waals surface area contributed by atoms with Crippen molar-refractivity contribution in [1.82, 2.24) is 15.6 Å². The lowest BCUT2D eigenvalue weighted by atomic mass is 10.2. The standard InChI is InChI=1S/C18H26N4OS2.HI/c1-2-19-17(20-9-6-13-24-18-22-11-14-25-18)21-10-12-23-15-16-7-4-3-5-8-16;/h3-5,7-8,11,14H,2,6,9-10,12-13,15H2,1H3,(H2,19,20,21);1H. The van der Waals surface area contributed by atoms with E-state index >= 15 is 0 Å². The van der Waals surface area contributed by atoms with Crippen molar-refractivity contribution in [3.05, 3.63) is 47.5 Å². The highest BCUT2D eigenvalue weighted by molar-refractivity contribution is 14.0. The fraction of sp³-hybridized carbons (Fsp3) is 0.444. The van der Waals surface area contributed by atoms with E-state index in [2.05, 4.69) is 39.7 Å². The normalized spacial score (nSPS) is 11.0. The van der Waals surface area contributed by atoms with E-state index in [0.29, 0.717) is 13.2 Å². The van der Waals surface area contributed by atoms with E-state index in [1.165, 1.54) is 5.56 Å². The van der Waals surface area contributed by atoms with Gasteiger partial charge in [-0.3, -0.25) is 4.99 Å². The third kappa shape index (κ3) is 10.3. The highest BCUT2D eigenvalue weighted by Gasteiger charge is 1.99. The summed E-state index contributed by atoms with van der Waals surface area (Å²) in [7, 11) is 0. The number of guanidine groups is 1. The quantitative estimate of drug-likeness (QED) is 0.159. The minimum Gasteiger partial charge on any atom is -0.375 e. The molecule has 0 unspecified atom stereocenters. The van der Waals surface area contributed by atoms with Crippen LogP contribution in [-0.2, 0) is 11.3 Å². The molecule has 0 amide bonds. The molecule has 26 heavy (non-hydrogen) atoms. The van der Waals surface area contributed by atoms with Gasteiger partial charge >= 0.3 is 0 Å². The first-order valence-electron chi connectivity index (χ1n) is 8.54. The van der Waals surface area contributed by atoms with Crippen LogP contribution in [0.4, 0.5) is 0 Å². The Labute approximate surface area is 181 Å². The Hall–Kier alpha value is -0.840. The first kappa shape index (κ1) is 23.2. The number of aromatic nitrogens is 1. The summed E-state index contributed by atoms with van der Waals surface area (Å²) in [6, 6.07) is 10.2. The SMILES string of the molecule is CCNC(=NCCCSc1nccs1)NCCOCc1ccccc1.I. The molecule has 2 aromatic rings. The van der Waals surface area contributed by atoms with Crippen LogP contribution < -0.4 is 10.6 Å². The van der Waals surface area contributed by atoms with Gasteiger partial charge in [-0.05, 0) is 18.9 Å². The summed E-state index contributed by atoms with van der Waals surface area (Å²) in [5, 5.41) is 8.58. The van der Waals surface area contributed by atoms with Crippen molar-refractivity contribution in [2.24, 2.45) is 4.99 Å². The number of halogens is 1. The van der Waals surface area contributed by atoms with Crippen LogP contribution in [0.3, 0.4) is 0 Å². The van der Waals surface area contributed by atoms with Crippen molar-refractivity contribution in [1.29, 1.82) is 0 Å². The lowest BCUT2D eigenvalue weighted by Crippen LogP contribution is -2.39. The molecule has 2 rings (SSSR count). The number of aliphatic imine (C=N–C) groups is 1. The second kappa shape index (κ2) is 15.2. The molecule has 0 aliphatic heterocycles. The molecule has 1 aromatic heterocycles. The summed E-state index contributed by atoms with van der Waals surface area (Å²) >= 11 is 3.48. The first-order chi connectivity index (χ1) is 12.4. The number of thiazole rings is 1. The zero-order valence-electron chi connectivity index (χ0n) is 15.0. The van der Waals surface area contributed by atoms with Gasteiger partial charge in [0.15, 0.2) is 5.96 Å². The van der Waals surface area contributed by atoms with Crippen molar-refractivity contribution in [3.63, 3.8) is 0 Å². The van der Waals surface area contributed by atoms with E-state index in [1.807, 2.05) is 29.8 Å². The molecule has 2 N–H and O–H groups in total. The maximum atomic E-state index is 5.68.